The van der Waals surface area contributed by atoms with Gasteiger partial charge in [0.05, 0.1) is 24.8 Å². The molecule has 0 radical (unpaired) electrons. The number of hydrogen-bond donors (Lipinski definition) is 1. The third kappa shape index (κ3) is 8.66. The summed E-state index contributed by atoms with van der Waals surface area (Å²) in [5.74, 6) is 0.251. The van der Waals surface area contributed by atoms with Gasteiger partial charge in [0, 0.05) is 19.5 Å². The number of aryl methyl sites for hydroxylation is 1. The molecule has 10 heteroatoms. The zero-order valence-electron chi connectivity index (χ0n) is 26.7. The Bertz CT molecular complexity index is 1690. The van der Waals surface area contributed by atoms with Crippen molar-refractivity contribution in [3.8, 4) is 11.5 Å². The molecule has 4 aromatic rings. The van der Waals surface area contributed by atoms with Gasteiger partial charge in [-0.1, -0.05) is 67.1 Å². The van der Waals surface area contributed by atoms with Crippen LogP contribution in [0.25, 0.3) is 0 Å². The quantitative estimate of drug-likeness (QED) is 0.187. The van der Waals surface area contributed by atoms with Crippen molar-refractivity contribution >= 4 is 27.5 Å². The van der Waals surface area contributed by atoms with Crippen LogP contribution in [0, 0.1) is 6.92 Å². The molecule has 0 aliphatic rings. The molecule has 0 heterocycles. The van der Waals surface area contributed by atoms with Crippen molar-refractivity contribution in [2.24, 2.45) is 0 Å². The van der Waals surface area contributed by atoms with Gasteiger partial charge in [0.1, 0.15) is 24.1 Å². The molecule has 242 valence electrons. The standard InChI is InChI=1S/C36H41N3O6S/c1-5-22-37-36(41)34(24-28-10-7-6-8-11-28)38(25-29-12-9-13-32(23-29)45-4)35(40)26-39(30-16-14-27(2)15-17-30)46(42,43)33-20-18-31(44-3)19-21-33/h6-21,23,34H,5,22,24-26H2,1-4H3,(H,37,41)/t34-/m0/s1. The summed E-state index contributed by atoms with van der Waals surface area (Å²) in [6.07, 6.45) is 0.955. The highest BCUT2D eigenvalue weighted by Crippen LogP contribution is 2.27. The van der Waals surface area contributed by atoms with Crippen molar-refractivity contribution in [3.05, 3.63) is 120 Å². The van der Waals surface area contributed by atoms with Crippen molar-refractivity contribution in [1.82, 2.24) is 10.2 Å². The van der Waals surface area contributed by atoms with Gasteiger partial charge in [-0.2, -0.15) is 0 Å². The number of benzene rings is 4. The van der Waals surface area contributed by atoms with E-state index < -0.39 is 28.5 Å². The predicted molar refractivity (Wildman–Crippen MR) is 179 cm³/mol. The Hall–Kier alpha value is -4.83. The summed E-state index contributed by atoms with van der Waals surface area (Å²) >= 11 is 0. The van der Waals surface area contributed by atoms with E-state index in [2.05, 4.69) is 5.32 Å². The lowest BCUT2D eigenvalue weighted by molar-refractivity contribution is -0.140. The predicted octanol–water partition coefficient (Wildman–Crippen LogP) is 5.37. The summed E-state index contributed by atoms with van der Waals surface area (Å²) in [7, 11) is -1.16. The molecule has 0 saturated heterocycles. The van der Waals surface area contributed by atoms with E-state index in [0.717, 1.165) is 27.4 Å². The molecule has 0 spiro atoms. The molecule has 1 atom stereocenters. The van der Waals surface area contributed by atoms with Crippen molar-refractivity contribution < 1.29 is 27.5 Å². The number of rotatable bonds is 15. The van der Waals surface area contributed by atoms with Crippen LogP contribution in [-0.4, -0.2) is 58.5 Å². The number of sulfonamides is 1. The Labute approximate surface area is 271 Å². The van der Waals surface area contributed by atoms with Gasteiger partial charge in [-0.3, -0.25) is 13.9 Å². The molecular formula is C36H41N3O6S. The fraction of sp³-hybridized carbons (Fsp3) is 0.278. The molecule has 1 N–H and O–H groups in total. The van der Waals surface area contributed by atoms with Crippen LogP contribution in [-0.2, 0) is 32.6 Å². The minimum Gasteiger partial charge on any atom is -0.497 e. The highest BCUT2D eigenvalue weighted by molar-refractivity contribution is 7.92. The maximum Gasteiger partial charge on any atom is 0.264 e. The lowest BCUT2D eigenvalue weighted by Crippen LogP contribution is -2.53. The number of carbonyl (C=O) groups excluding carboxylic acids is 2. The average Bonchev–Trinajstić information content (AvgIpc) is 3.08. The Morgan fingerprint density at radius 1 is 0.804 bits per heavy atom. The molecule has 0 bridgehead atoms. The summed E-state index contributed by atoms with van der Waals surface area (Å²) in [5, 5.41) is 2.95. The smallest absolute Gasteiger partial charge is 0.264 e. The molecule has 46 heavy (non-hydrogen) atoms. The number of amides is 2. The van der Waals surface area contributed by atoms with E-state index in [9.17, 15) is 18.0 Å². The first-order valence-corrected chi connectivity index (χ1v) is 16.6. The molecular weight excluding hydrogens is 602 g/mol. The first-order chi connectivity index (χ1) is 22.2. The third-order valence-electron chi connectivity index (χ3n) is 7.56. The summed E-state index contributed by atoms with van der Waals surface area (Å²) in [5.41, 5.74) is 2.86. The van der Waals surface area contributed by atoms with Crippen molar-refractivity contribution in [2.45, 2.75) is 44.2 Å². The van der Waals surface area contributed by atoms with E-state index in [4.69, 9.17) is 9.47 Å². The Morgan fingerprint density at radius 3 is 2.09 bits per heavy atom. The molecule has 0 aromatic heterocycles. The van der Waals surface area contributed by atoms with Crippen molar-refractivity contribution in [1.29, 1.82) is 0 Å². The van der Waals surface area contributed by atoms with Gasteiger partial charge >= 0.3 is 0 Å². The maximum absolute atomic E-state index is 14.5. The van der Waals surface area contributed by atoms with Crippen LogP contribution in [0.1, 0.15) is 30.0 Å². The third-order valence-corrected chi connectivity index (χ3v) is 9.34. The first-order valence-electron chi connectivity index (χ1n) is 15.1. The van der Waals surface area contributed by atoms with Gasteiger partial charge < -0.3 is 19.7 Å². The zero-order chi connectivity index (χ0) is 33.1. The highest BCUT2D eigenvalue weighted by atomic mass is 32.2. The second kappa shape index (κ2) is 15.9. The van der Waals surface area contributed by atoms with E-state index in [-0.39, 0.29) is 23.8 Å². The molecule has 9 nitrogen and oxygen atoms in total. The number of hydrogen-bond acceptors (Lipinski definition) is 6. The number of nitrogens with zero attached hydrogens (tertiary/aromatic N) is 2. The maximum atomic E-state index is 14.5. The minimum absolute atomic E-state index is 0.00236. The largest absolute Gasteiger partial charge is 0.497 e. The fourth-order valence-corrected chi connectivity index (χ4v) is 6.42. The Morgan fingerprint density at radius 2 is 1.46 bits per heavy atom. The fourth-order valence-electron chi connectivity index (χ4n) is 5.00. The van der Waals surface area contributed by atoms with Crippen LogP contribution in [0.15, 0.2) is 108 Å². The number of nitrogens with one attached hydrogen (secondary N) is 1. The van der Waals surface area contributed by atoms with Crippen LogP contribution < -0.4 is 19.1 Å². The first kappa shape index (κ1) is 34.1. The molecule has 0 saturated carbocycles. The van der Waals surface area contributed by atoms with Gasteiger partial charge in [-0.25, -0.2) is 8.42 Å². The SMILES string of the molecule is CCCNC(=O)[C@H](Cc1ccccc1)N(Cc1cccc(OC)c1)C(=O)CN(c1ccc(C)cc1)S(=O)(=O)c1ccc(OC)cc1. The number of anilines is 1. The van der Waals surface area contributed by atoms with Crippen LogP contribution in [0.3, 0.4) is 0 Å². The van der Waals surface area contributed by atoms with Gasteiger partial charge in [-0.05, 0) is 73.0 Å². The molecule has 2 amide bonds. The average molecular weight is 644 g/mol. The van der Waals surface area contributed by atoms with E-state index in [1.165, 1.54) is 24.1 Å². The van der Waals surface area contributed by atoms with Crippen LogP contribution in [0.2, 0.25) is 0 Å². The lowest BCUT2D eigenvalue weighted by Gasteiger charge is -2.34. The van der Waals surface area contributed by atoms with Gasteiger partial charge in [0.15, 0.2) is 0 Å². The van der Waals surface area contributed by atoms with Crippen molar-refractivity contribution in [3.63, 3.8) is 0 Å². The topological polar surface area (TPSA) is 105 Å². The van der Waals surface area contributed by atoms with Gasteiger partial charge in [-0.15, -0.1) is 0 Å². The molecule has 0 aliphatic carbocycles. The molecule has 4 rings (SSSR count). The van der Waals surface area contributed by atoms with Gasteiger partial charge in [0.2, 0.25) is 11.8 Å². The van der Waals surface area contributed by atoms with E-state index in [1.54, 1.807) is 55.6 Å². The summed E-state index contributed by atoms with van der Waals surface area (Å²) in [4.78, 5) is 29.8. The summed E-state index contributed by atoms with van der Waals surface area (Å²) < 4.78 is 40.1. The van der Waals surface area contributed by atoms with Gasteiger partial charge in [0.25, 0.3) is 10.0 Å². The normalized spacial score (nSPS) is 11.7. The van der Waals surface area contributed by atoms with E-state index in [1.807, 2.05) is 56.3 Å². The van der Waals surface area contributed by atoms with Crippen molar-refractivity contribution in [2.75, 3.05) is 31.6 Å². The summed E-state index contributed by atoms with van der Waals surface area (Å²) in [6.45, 7) is 3.81. The second-order valence-electron chi connectivity index (χ2n) is 10.9. The Kier molecular flexibility index (Phi) is 11.8. The highest BCUT2D eigenvalue weighted by Gasteiger charge is 2.34. The number of ether oxygens (including phenoxy) is 2. The molecule has 0 unspecified atom stereocenters. The molecule has 0 fully saturated rings. The lowest BCUT2D eigenvalue weighted by atomic mass is 10.0. The van der Waals surface area contributed by atoms with E-state index in [0.29, 0.717) is 23.7 Å². The summed E-state index contributed by atoms with van der Waals surface area (Å²) in [6, 6.07) is 28.7. The monoisotopic (exact) mass is 643 g/mol. The second-order valence-corrected chi connectivity index (χ2v) is 12.8. The molecule has 4 aromatic carbocycles. The van der Waals surface area contributed by atoms with Crippen LogP contribution >= 0.6 is 0 Å². The van der Waals surface area contributed by atoms with Crippen LogP contribution in [0.5, 0.6) is 11.5 Å². The number of methoxy groups -OCH3 is 2. The zero-order valence-corrected chi connectivity index (χ0v) is 27.5. The minimum atomic E-state index is -4.21. The Balaban J connectivity index is 1.80. The number of carbonyl (C=O) groups is 2. The molecule has 0 aliphatic heterocycles. The van der Waals surface area contributed by atoms with E-state index >= 15 is 0 Å². The van der Waals surface area contributed by atoms with Crippen LogP contribution in [0.4, 0.5) is 5.69 Å².